The van der Waals surface area contributed by atoms with Crippen LogP contribution in [-0.4, -0.2) is 62.4 Å². The first-order valence-corrected chi connectivity index (χ1v) is 17.0. The van der Waals surface area contributed by atoms with Gasteiger partial charge in [-0.05, 0) is 68.1 Å². The Morgan fingerprint density at radius 2 is 1.54 bits per heavy atom. The predicted molar refractivity (Wildman–Crippen MR) is 199 cm³/mol. The third-order valence-corrected chi connectivity index (χ3v) is 8.51. The molecule has 0 aliphatic carbocycles. The van der Waals surface area contributed by atoms with E-state index in [0.29, 0.717) is 62.1 Å². The number of fused-ring (bicyclic) bond motifs is 3. The van der Waals surface area contributed by atoms with Gasteiger partial charge in [0.2, 0.25) is 23.0 Å². The summed E-state index contributed by atoms with van der Waals surface area (Å²) < 4.78 is 6.84. The van der Waals surface area contributed by atoms with Crippen molar-refractivity contribution in [3.05, 3.63) is 66.2 Å². The number of nitrogens with one attached hydrogen (secondary N) is 3. The van der Waals surface area contributed by atoms with Crippen LogP contribution in [-0.2, 0) is 26.2 Å². The molecule has 1 aromatic heterocycles. The van der Waals surface area contributed by atoms with E-state index in [0.717, 1.165) is 39.4 Å². The zero-order valence-corrected chi connectivity index (χ0v) is 30.3. The number of aliphatic imine (C=N–C) groups is 1. The molecule has 0 fully saturated rings. The molecule has 1 unspecified atom stereocenters. The average molecular weight is 734 g/mol. The highest BCUT2D eigenvalue weighted by Gasteiger charge is 2.23. The molecule has 11 N–H and O–H groups in total. The van der Waals surface area contributed by atoms with Crippen LogP contribution in [0.4, 0.5) is 11.4 Å². The van der Waals surface area contributed by atoms with E-state index in [1.54, 1.807) is 6.07 Å². The van der Waals surface area contributed by atoms with E-state index in [-0.39, 0.29) is 49.1 Å². The molecule has 278 valence electrons. The fraction of sp³-hybridized carbons (Fsp3) is 0.351. The van der Waals surface area contributed by atoms with Crippen molar-refractivity contribution in [3.63, 3.8) is 0 Å². The number of carbonyl (C=O) groups is 4. The highest BCUT2D eigenvalue weighted by molar-refractivity contribution is 6.10. The maximum absolute atomic E-state index is 13.1. The van der Waals surface area contributed by atoms with E-state index < -0.39 is 12.0 Å². The normalized spacial score (nSPS) is 11.3. The van der Waals surface area contributed by atoms with Crippen molar-refractivity contribution in [2.45, 2.75) is 51.0 Å². The van der Waals surface area contributed by atoms with Crippen molar-refractivity contribution < 1.29 is 40.9 Å². The van der Waals surface area contributed by atoms with Crippen LogP contribution in [0.3, 0.4) is 0 Å². The van der Waals surface area contributed by atoms with Crippen LogP contribution in [0.2, 0.25) is 0 Å². The summed E-state index contributed by atoms with van der Waals surface area (Å²) in [6.07, 6.45) is 3.15. The number of unbranched alkanes of at least 4 members (excludes halogenated alkanes) is 2. The van der Waals surface area contributed by atoms with Crippen molar-refractivity contribution >= 4 is 62.7 Å². The maximum Gasteiger partial charge on any atom is 0.328 e. The Morgan fingerprint density at radius 3 is 2.27 bits per heavy atom. The van der Waals surface area contributed by atoms with Crippen LogP contribution in [0, 0.1) is 0 Å². The summed E-state index contributed by atoms with van der Waals surface area (Å²) >= 11 is 0. The molecule has 0 spiro atoms. The lowest BCUT2D eigenvalue weighted by Crippen LogP contribution is -3.00. The largest absolute Gasteiger partial charge is 1.00 e. The quantitative estimate of drug-likeness (QED) is 0.0136. The molecule has 52 heavy (non-hydrogen) atoms. The van der Waals surface area contributed by atoms with Crippen LogP contribution >= 0.6 is 0 Å². The zero-order chi connectivity index (χ0) is 36.9. The predicted octanol–water partition coefficient (Wildman–Crippen LogP) is -0.839. The summed E-state index contributed by atoms with van der Waals surface area (Å²) in [5, 5.41) is 11.4. The number of nitrogen functional groups attached to an aromatic ring is 2. The summed E-state index contributed by atoms with van der Waals surface area (Å²) in [6, 6.07) is 18.4. The SMILES string of the molecule is COC(=O)C(CCCN=C(N)N)NC(=O)CCNC(=O)CCCCCNC(=O)c1cccc(-c2c3cc(N)ccc3c3ccc(N)cc3[n+]2C)c1.[Cl-]. The molecule has 0 saturated carbocycles. The van der Waals surface area contributed by atoms with Gasteiger partial charge in [0, 0.05) is 66.4 Å². The van der Waals surface area contributed by atoms with Gasteiger partial charge in [-0.1, -0.05) is 18.6 Å². The summed E-state index contributed by atoms with van der Waals surface area (Å²) in [5.41, 5.74) is 27.5. The monoisotopic (exact) mass is 733 g/mol. The molecule has 0 aliphatic heterocycles. The van der Waals surface area contributed by atoms with Gasteiger partial charge in [-0.15, -0.1) is 0 Å². The molecule has 15 heteroatoms. The van der Waals surface area contributed by atoms with Crippen LogP contribution in [0.1, 0.15) is 55.3 Å². The lowest BCUT2D eigenvalue weighted by atomic mass is 9.97. The second-order valence-corrected chi connectivity index (χ2v) is 12.3. The summed E-state index contributed by atoms with van der Waals surface area (Å²) in [4.78, 5) is 53.6. The summed E-state index contributed by atoms with van der Waals surface area (Å²) in [5.74, 6) is -1.36. The number of esters is 1. The van der Waals surface area contributed by atoms with Crippen LogP contribution < -0.4 is 55.9 Å². The number of guanidine groups is 1. The second kappa shape index (κ2) is 19.7. The molecule has 1 heterocycles. The molecule has 0 aliphatic rings. The first kappa shape index (κ1) is 40.8. The first-order chi connectivity index (χ1) is 24.5. The molecule has 14 nitrogen and oxygen atoms in total. The van der Waals surface area contributed by atoms with Crippen LogP contribution in [0.25, 0.3) is 32.9 Å². The molecule has 3 amide bonds. The Morgan fingerprint density at radius 1 is 0.808 bits per heavy atom. The number of nitrogens with zero attached hydrogens (tertiary/aromatic N) is 2. The number of pyridine rings is 1. The van der Waals surface area contributed by atoms with E-state index in [9.17, 15) is 19.2 Å². The lowest BCUT2D eigenvalue weighted by molar-refractivity contribution is -0.632. The number of carbonyl (C=O) groups excluding carboxylic acids is 4. The van der Waals surface area contributed by atoms with Gasteiger partial charge in [0.05, 0.1) is 17.9 Å². The van der Waals surface area contributed by atoms with E-state index in [4.69, 9.17) is 27.7 Å². The number of hydrogen-bond acceptors (Lipinski definition) is 8. The van der Waals surface area contributed by atoms with Crippen molar-refractivity contribution in [1.29, 1.82) is 0 Å². The Labute approximate surface area is 309 Å². The molecule has 3 aromatic carbocycles. The number of hydrogen-bond donors (Lipinski definition) is 7. The van der Waals surface area contributed by atoms with E-state index in [1.807, 2.05) is 61.6 Å². The van der Waals surface area contributed by atoms with Gasteiger partial charge < -0.3 is 56.0 Å². The van der Waals surface area contributed by atoms with E-state index >= 15 is 0 Å². The molecule has 0 saturated heterocycles. The van der Waals surface area contributed by atoms with E-state index in [1.165, 1.54) is 7.11 Å². The van der Waals surface area contributed by atoms with Crippen LogP contribution in [0.15, 0.2) is 65.7 Å². The summed E-state index contributed by atoms with van der Waals surface area (Å²) in [7, 11) is 3.22. The molecule has 4 rings (SSSR count). The van der Waals surface area contributed by atoms with Gasteiger partial charge in [0.15, 0.2) is 5.96 Å². The third-order valence-electron chi connectivity index (χ3n) is 8.51. The number of benzene rings is 3. The van der Waals surface area contributed by atoms with Gasteiger partial charge in [-0.25, -0.2) is 4.79 Å². The topological polar surface area (TPSA) is 234 Å². The number of ether oxygens (including phenoxy) is 1. The number of aromatic nitrogens is 1. The van der Waals surface area contributed by atoms with E-state index in [2.05, 4.69) is 25.5 Å². The Balaban J connectivity index is 0.00000729. The Hall–Kier alpha value is -5.63. The minimum Gasteiger partial charge on any atom is -1.00 e. The van der Waals surface area contributed by atoms with Gasteiger partial charge in [-0.3, -0.25) is 19.4 Å². The molecule has 0 radical (unpaired) electrons. The average Bonchev–Trinajstić information content (AvgIpc) is 3.10. The third kappa shape index (κ3) is 11.2. The molecular formula is C37H48ClN9O5. The molecule has 4 aromatic rings. The number of rotatable bonds is 17. The minimum absolute atomic E-state index is 0. The van der Waals surface area contributed by atoms with Crippen molar-refractivity contribution in [2.75, 3.05) is 38.2 Å². The van der Waals surface area contributed by atoms with Crippen LogP contribution in [0.5, 0.6) is 0 Å². The molecule has 1 atom stereocenters. The zero-order valence-electron chi connectivity index (χ0n) is 29.5. The molecule has 0 bridgehead atoms. The smallest absolute Gasteiger partial charge is 0.328 e. The fourth-order valence-electron chi connectivity index (χ4n) is 5.96. The standard InChI is InChI=1S/C37H47N9O5.ClH/c1-46-31-22-26(39)13-15-28(31)27-14-12-25(38)21-29(27)34(46)23-8-6-9-24(20-23)35(49)43-17-5-3-4-11-32(47)42-19-16-33(48)45-30(36(50)51-2)10-7-18-44-37(40)41;/h6,8-9,12-15,20-22,30,39H,3-5,7,10-11,16-19,38H2,1-2H3,(H7,40,41,42,43,44,45,47,48,49);1H. The second-order valence-electron chi connectivity index (χ2n) is 12.3. The number of halogens is 1. The van der Waals surface area contributed by atoms with Crippen molar-refractivity contribution in [3.8, 4) is 11.3 Å². The highest BCUT2D eigenvalue weighted by atomic mass is 35.5. The minimum atomic E-state index is -0.829. The number of methoxy groups -OCH3 is 1. The summed E-state index contributed by atoms with van der Waals surface area (Å²) in [6.45, 7) is 0.912. The lowest BCUT2D eigenvalue weighted by Gasteiger charge is -2.16. The van der Waals surface area contributed by atoms with Gasteiger partial charge in [0.25, 0.3) is 5.91 Å². The molecular weight excluding hydrogens is 686 g/mol. The maximum atomic E-state index is 13.1. The van der Waals surface area contributed by atoms with Gasteiger partial charge in [0.1, 0.15) is 13.1 Å². The Bertz CT molecular complexity index is 1930. The van der Waals surface area contributed by atoms with Gasteiger partial charge in [-0.2, -0.15) is 4.57 Å². The number of anilines is 2. The van der Waals surface area contributed by atoms with Crippen molar-refractivity contribution in [2.24, 2.45) is 23.5 Å². The van der Waals surface area contributed by atoms with Crippen molar-refractivity contribution in [1.82, 2.24) is 16.0 Å². The first-order valence-electron chi connectivity index (χ1n) is 17.0. The fourth-order valence-corrected chi connectivity index (χ4v) is 5.96. The Kier molecular flexibility index (Phi) is 15.4. The van der Waals surface area contributed by atoms with Gasteiger partial charge >= 0.3 is 5.97 Å². The number of aryl methyl sites for hydroxylation is 1. The number of amides is 3. The number of nitrogens with two attached hydrogens (primary N) is 4. The highest BCUT2D eigenvalue weighted by Crippen LogP contribution is 2.33.